The Bertz CT molecular complexity index is 502. The fourth-order valence-corrected chi connectivity index (χ4v) is 1.70. The first-order chi connectivity index (χ1) is 9.38. The predicted molar refractivity (Wildman–Crippen MR) is 76.0 cm³/mol. The van der Waals surface area contributed by atoms with Crippen molar-refractivity contribution in [3.63, 3.8) is 0 Å². The molecule has 3 amide bonds. The van der Waals surface area contributed by atoms with Gasteiger partial charge in [-0.05, 0) is 17.7 Å². The van der Waals surface area contributed by atoms with Crippen LogP contribution >= 0.6 is 15.9 Å². The topological polar surface area (TPSA) is 86.7 Å². The molecule has 0 aliphatic heterocycles. The molecule has 0 spiro atoms. The maximum absolute atomic E-state index is 11.7. The van der Waals surface area contributed by atoms with Crippen molar-refractivity contribution >= 4 is 33.8 Å². The summed E-state index contributed by atoms with van der Waals surface area (Å²) in [7, 11) is 1.56. The fourth-order valence-electron chi connectivity index (χ4n) is 1.43. The third-order valence-electron chi connectivity index (χ3n) is 2.49. The van der Waals surface area contributed by atoms with Crippen molar-refractivity contribution in [1.29, 1.82) is 0 Å². The maximum Gasteiger partial charge on any atom is 0.324 e. The molecule has 2 N–H and O–H groups in total. The molecular weight excluding hydrogens is 328 g/mol. The van der Waals surface area contributed by atoms with Gasteiger partial charge in [0.1, 0.15) is 0 Å². The van der Waals surface area contributed by atoms with Gasteiger partial charge in [0.15, 0.2) is 0 Å². The van der Waals surface area contributed by atoms with Crippen LogP contribution in [-0.2, 0) is 16.1 Å². The van der Waals surface area contributed by atoms with Gasteiger partial charge in [-0.2, -0.15) is 0 Å². The van der Waals surface area contributed by atoms with Crippen molar-refractivity contribution in [2.24, 2.45) is 0 Å². The molecule has 108 valence electrons. The van der Waals surface area contributed by atoms with E-state index in [4.69, 9.17) is 5.11 Å². The van der Waals surface area contributed by atoms with Crippen LogP contribution in [0.15, 0.2) is 28.7 Å². The van der Waals surface area contributed by atoms with E-state index < -0.39 is 17.9 Å². The molecule has 1 aromatic rings. The van der Waals surface area contributed by atoms with E-state index in [1.165, 1.54) is 4.90 Å². The fraction of sp³-hybridized carbons (Fsp3) is 0.308. The van der Waals surface area contributed by atoms with Crippen LogP contribution in [0.25, 0.3) is 0 Å². The van der Waals surface area contributed by atoms with Gasteiger partial charge in [-0.3, -0.25) is 14.9 Å². The number of nitrogens with one attached hydrogen (secondary N) is 1. The van der Waals surface area contributed by atoms with E-state index >= 15 is 0 Å². The van der Waals surface area contributed by atoms with E-state index in [1.54, 1.807) is 7.05 Å². The van der Waals surface area contributed by atoms with Crippen molar-refractivity contribution in [2.75, 3.05) is 7.05 Å². The Morgan fingerprint density at radius 2 is 1.80 bits per heavy atom. The molecule has 20 heavy (non-hydrogen) atoms. The van der Waals surface area contributed by atoms with Crippen molar-refractivity contribution in [2.45, 2.75) is 19.4 Å². The van der Waals surface area contributed by atoms with Gasteiger partial charge in [0.2, 0.25) is 5.91 Å². The first-order valence-electron chi connectivity index (χ1n) is 5.89. The number of rotatable bonds is 5. The molecule has 0 radical (unpaired) electrons. The van der Waals surface area contributed by atoms with Gasteiger partial charge in [-0.1, -0.05) is 28.1 Å². The maximum atomic E-state index is 11.7. The highest BCUT2D eigenvalue weighted by Crippen LogP contribution is 2.11. The Hall–Kier alpha value is -1.89. The summed E-state index contributed by atoms with van der Waals surface area (Å²) in [4.78, 5) is 34.7. The Labute approximate surface area is 124 Å². The summed E-state index contributed by atoms with van der Waals surface area (Å²) < 4.78 is 0.942. The highest BCUT2D eigenvalue weighted by Gasteiger charge is 2.13. The molecule has 0 aliphatic carbocycles. The summed E-state index contributed by atoms with van der Waals surface area (Å²) in [6, 6.07) is 6.89. The molecule has 0 saturated heterocycles. The van der Waals surface area contributed by atoms with Crippen LogP contribution in [0.1, 0.15) is 18.4 Å². The zero-order valence-electron chi connectivity index (χ0n) is 10.9. The number of carbonyl (C=O) groups excluding carboxylic acids is 2. The van der Waals surface area contributed by atoms with Crippen LogP contribution in [0.3, 0.4) is 0 Å². The predicted octanol–water partition coefficient (Wildman–Crippen LogP) is 1.98. The van der Waals surface area contributed by atoms with Gasteiger partial charge < -0.3 is 10.0 Å². The van der Waals surface area contributed by atoms with Crippen LogP contribution in [0.4, 0.5) is 4.79 Å². The lowest BCUT2D eigenvalue weighted by Crippen LogP contribution is -2.40. The summed E-state index contributed by atoms with van der Waals surface area (Å²) in [5.74, 6) is -1.67. The highest BCUT2D eigenvalue weighted by atomic mass is 79.9. The normalized spacial score (nSPS) is 9.90. The van der Waals surface area contributed by atoms with Gasteiger partial charge in [0.25, 0.3) is 0 Å². The van der Waals surface area contributed by atoms with Gasteiger partial charge in [-0.25, -0.2) is 4.79 Å². The van der Waals surface area contributed by atoms with E-state index in [2.05, 4.69) is 21.2 Å². The first kappa shape index (κ1) is 16.2. The number of aliphatic carboxylic acids is 1. The lowest BCUT2D eigenvalue weighted by atomic mass is 10.2. The van der Waals surface area contributed by atoms with Crippen LogP contribution in [0.2, 0.25) is 0 Å². The minimum Gasteiger partial charge on any atom is -0.481 e. The molecule has 0 saturated carbocycles. The van der Waals surface area contributed by atoms with Crippen LogP contribution < -0.4 is 5.32 Å². The molecule has 0 fully saturated rings. The van der Waals surface area contributed by atoms with E-state index in [0.29, 0.717) is 6.54 Å². The average molecular weight is 343 g/mol. The van der Waals surface area contributed by atoms with Gasteiger partial charge >= 0.3 is 12.0 Å². The van der Waals surface area contributed by atoms with Crippen molar-refractivity contribution in [1.82, 2.24) is 10.2 Å². The molecule has 7 heteroatoms. The number of carbonyl (C=O) groups is 3. The monoisotopic (exact) mass is 342 g/mol. The van der Waals surface area contributed by atoms with Crippen LogP contribution in [0.5, 0.6) is 0 Å². The molecule has 1 rings (SSSR count). The summed E-state index contributed by atoms with van der Waals surface area (Å²) in [6.45, 7) is 0.353. The molecule has 1 aromatic carbocycles. The number of nitrogens with zero attached hydrogens (tertiary/aromatic N) is 1. The van der Waals surface area contributed by atoms with E-state index in [1.807, 2.05) is 24.3 Å². The third-order valence-corrected chi connectivity index (χ3v) is 3.02. The van der Waals surface area contributed by atoms with Gasteiger partial charge in [0, 0.05) is 24.5 Å². The second kappa shape index (κ2) is 7.64. The third kappa shape index (κ3) is 5.83. The second-order valence-corrected chi connectivity index (χ2v) is 5.15. The number of carboxylic acids is 1. The number of benzene rings is 1. The molecule has 0 heterocycles. The molecule has 0 bridgehead atoms. The Kier molecular flexibility index (Phi) is 6.17. The lowest BCUT2D eigenvalue weighted by Gasteiger charge is -2.17. The number of amides is 3. The number of hydrogen-bond acceptors (Lipinski definition) is 3. The summed E-state index contributed by atoms with van der Waals surface area (Å²) in [5, 5.41) is 10.6. The first-order valence-corrected chi connectivity index (χ1v) is 6.69. The van der Waals surface area contributed by atoms with Crippen molar-refractivity contribution < 1.29 is 19.5 Å². The van der Waals surface area contributed by atoms with E-state index in [9.17, 15) is 14.4 Å². The number of hydrogen-bond donors (Lipinski definition) is 2. The lowest BCUT2D eigenvalue weighted by molar-refractivity contribution is -0.138. The second-order valence-electron chi connectivity index (χ2n) is 4.23. The van der Waals surface area contributed by atoms with E-state index in [-0.39, 0.29) is 12.8 Å². The van der Waals surface area contributed by atoms with E-state index in [0.717, 1.165) is 10.0 Å². The minimum atomic E-state index is -1.07. The highest BCUT2D eigenvalue weighted by molar-refractivity contribution is 9.10. The molecule has 6 nitrogen and oxygen atoms in total. The molecule has 0 aliphatic rings. The standard InChI is InChI=1S/C13H15BrN2O4/c1-16(8-9-2-4-10(14)5-3-9)13(20)15-11(17)6-7-12(18)19/h2-5H,6-8H2,1H3,(H,18,19)(H,15,17,20). The summed E-state index contributed by atoms with van der Waals surface area (Å²) >= 11 is 3.32. The number of carboxylic acid groups (broad SMARTS) is 1. The quantitative estimate of drug-likeness (QED) is 0.856. The van der Waals surface area contributed by atoms with Crippen LogP contribution in [0, 0.1) is 0 Å². The summed E-state index contributed by atoms with van der Waals surface area (Å²) in [5.41, 5.74) is 0.920. The minimum absolute atomic E-state index is 0.215. The molecular formula is C13H15BrN2O4. The van der Waals surface area contributed by atoms with Crippen molar-refractivity contribution in [3.8, 4) is 0 Å². The molecule has 0 aromatic heterocycles. The zero-order valence-corrected chi connectivity index (χ0v) is 12.5. The Morgan fingerprint density at radius 3 is 2.35 bits per heavy atom. The Morgan fingerprint density at radius 1 is 1.20 bits per heavy atom. The average Bonchev–Trinajstić information content (AvgIpc) is 2.39. The largest absolute Gasteiger partial charge is 0.481 e. The Balaban J connectivity index is 2.44. The smallest absolute Gasteiger partial charge is 0.324 e. The molecule has 0 atom stereocenters. The number of halogens is 1. The molecule has 0 unspecified atom stereocenters. The number of imide groups is 1. The van der Waals surface area contributed by atoms with Gasteiger partial charge in [-0.15, -0.1) is 0 Å². The van der Waals surface area contributed by atoms with Crippen molar-refractivity contribution in [3.05, 3.63) is 34.3 Å². The van der Waals surface area contributed by atoms with Gasteiger partial charge in [0.05, 0.1) is 6.42 Å². The summed E-state index contributed by atoms with van der Waals surface area (Å²) in [6.07, 6.45) is -0.511. The number of urea groups is 1. The SMILES string of the molecule is CN(Cc1ccc(Br)cc1)C(=O)NC(=O)CCC(=O)O. The zero-order chi connectivity index (χ0) is 15.1. The van der Waals surface area contributed by atoms with Crippen LogP contribution in [-0.4, -0.2) is 35.0 Å².